The van der Waals surface area contributed by atoms with Gasteiger partial charge in [0.1, 0.15) is 5.82 Å². The first-order valence-corrected chi connectivity index (χ1v) is 6.79. The highest BCUT2D eigenvalue weighted by atomic mass is 15.3. The number of hydrogen-bond donors (Lipinski definition) is 1. The van der Waals surface area contributed by atoms with Gasteiger partial charge in [-0.15, -0.1) is 0 Å². The van der Waals surface area contributed by atoms with E-state index >= 15 is 0 Å². The zero-order valence-electron chi connectivity index (χ0n) is 12.0. The SMILES string of the molecule is CCNc1cc(C(C)C)nc(-c2cnn(CC)c2)n1. The van der Waals surface area contributed by atoms with Crippen molar-refractivity contribution in [3.05, 3.63) is 24.2 Å². The van der Waals surface area contributed by atoms with Gasteiger partial charge in [0.15, 0.2) is 5.82 Å². The van der Waals surface area contributed by atoms with Gasteiger partial charge in [0, 0.05) is 31.0 Å². The number of nitrogens with zero attached hydrogens (tertiary/aromatic N) is 4. The molecule has 0 unspecified atom stereocenters. The van der Waals surface area contributed by atoms with Gasteiger partial charge in [0.2, 0.25) is 0 Å². The Kier molecular flexibility index (Phi) is 4.14. The minimum Gasteiger partial charge on any atom is -0.370 e. The van der Waals surface area contributed by atoms with Gasteiger partial charge in [-0.1, -0.05) is 13.8 Å². The molecule has 0 fully saturated rings. The number of aromatic nitrogens is 4. The van der Waals surface area contributed by atoms with Gasteiger partial charge in [-0.25, -0.2) is 9.97 Å². The standard InChI is InChI=1S/C14H21N5/c1-5-15-13-7-12(10(3)4)17-14(18-13)11-8-16-19(6-2)9-11/h7-10H,5-6H2,1-4H3,(H,15,17,18). The van der Waals surface area contributed by atoms with Gasteiger partial charge in [-0.2, -0.15) is 5.10 Å². The molecule has 5 nitrogen and oxygen atoms in total. The summed E-state index contributed by atoms with van der Waals surface area (Å²) in [5, 5.41) is 7.53. The molecule has 2 aromatic heterocycles. The number of aryl methyl sites for hydroxylation is 1. The maximum Gasteiger partial charge on any atom is 0.164 e. The smallest absolute Gasteiger partial charge is 0.164 e. The normalized spacial score (nSPS) is 11.0. The maximum absolute atomic E-state index is 4.63. The molecule has 0 aliphatic carbocycles. The lowest BCUT2D eigenvalue weighted by molar-refractivity contribution is 0.660. The van der Waals surface area contributed by atoms with Crippen molar-refractivity contribution in [1.29, 1.82) is 0 Å². The van der Waals surface area contributed by atoms with Crippen LogP contribution in [0, 0.1) is 0 Å². The molecule has 102 valence electrons. The molecule has 0 aliphatic rings. The van der Waals surface area contributed by atoms with E-state index in [9.17, 15) is 0 Å². The molecule has 0 bridgehead atoms. The molecular weight excluding hydrogens is 238 g/mol. The number of rotatable bonds is 5. The van der Waals surface area contributed by atoms with Crippen LogP contribution in [-0.2, 0) is 6.54 Å². The molecule has 0 atom stereocenters. The Balaban J connectivity index is 2.43. The highest BCUT2D eigenvalue weighted by molar-refractivity contribution is 5.55. The van der Waals surface area contributed by atoms with Crippen molar-refractivity contribution in [3.8, 4) is 11.4 Å². The molecule has 0 radical (unpaired) electrons. The highest BCUT2D eigenvalue weighted by Gasteiger charge is 2.10. The van der Waals surface area contributed by atoms with Crippen LogP contribution in [0.2, 0.25) is 0 Å². The summed E-state index contributed by atoms with van der Waals surface area (Å²) in [7, 11) is 0. The fourth-order valence-corrected chi connectivity index (χ4v) is 1.81. The molecule has 0 saturated heterocycles. The van der Waals surface area contributed by atoms with Crippen molar-refractivity contribution in [3.63, 3.8) is 0 Å². The second-order valence-corrected chi connectivity index (χ2v) is 4.77. The van der Waals surface area contributed by atoms with E-state index in [1.807, 2.05) is 23.1 Å². The minimum atomic E-state index is 0.375. The van der Waals surface area contributed by atoms with Gasteiger partial charge in [0.05, 0.1) is 11.8 Å². The molecule has 1 N–H and O–H groups in total. The predicted octanol–water partition coefficient (Wildman–Crippen LogP) is 2.92. The Labute approximate surface area is 114 Å². The van der Waals surface area contributed by atoms with Crippen LogP contribution in [0.25, 0.3) is 11.4 Å². The zero-order valence-corrected chi connectivity index (χ0v) is 12.0. The summed E-state index contributed by atoms with van der Waals surface area (Å²) in [4.78, 5) is 9.18. The van der Waals surface area contributed by atoms with E-state index in [0.29, 0.717) is 5.92 Å². The Morgan fingerprint density at radius 3 is 2.63 bits per heavy atom. The molecule has 19 heavy (non-hydrogen) atoms. The average molecular weight is 259 g/mol. The lowest BCUT2D eigenvalue weighted by Crippen LogP contribution is -2.04. The minimum absolute atomic E-state index is 0.375. The molecule has 2 rings (SSSR count). The zero-order chi connectivity index (χ0) is 13.8. The Morgan fingerprint density at radius 2 is 2.05 bits per heavy atom. The summed E-state index contributed by atoms with van der Waals surface area (Å²) in [5.74, 6) is 1.99. The van der Waals surface area contributed by atoms with E-state index in [2.05, 4.69) is 48.1 Å². The van der Waals surface area contributed by atoms with E-state index in [1.54, 1.807) is 0 Å². The second kappa shape index (κ2) is 5.82. The molecule has 5 heteroatoms. The summed E-state index contributed by atoms with van der Waals surface area (Å²) in [6.07, 6.45) is 3.80. The third-order valence-corrected chi connectivity index (χ3v) is 2.91. The number of hydrogen-bond acceptors (Lipinski definition) is 4. The van der Waals surface area contributed by atoms with E-state index in [0.717, 1.165) is 36.0 Å². The van der Waals surface area contributed by atoms with Gasteiger partial charge in [-0.05, 0) is 19.8 Å². The number of anilines is 1. The third-order valence-electron chi connectivity index (χ3n) is 2.91. The molecule has 0 spiro atoms. The van der Waals surface area contributed by atoms with Crippen molar-refractivity contribution in [2.75, 3.05) is 11.9 Å². The van der Waals surface area contributed by atoms with Crippen molar-refractivity contribution in [2.24, 2.45) is 0 Å². The maximum atomic E-state index is 4.63. The topological polar surface area (TPSA) is 55.6 Å². The summed E-state index contributed by atoms with van der Waals surface area (Å²) in [6.45, 7) is 10.1. The Morgan fingerprint density at radius 1 is 1.26 bits per heavy atom. The summed E-state index contributed by atoms with van der Waals surface area (Å²) in [6, 6.07) is 2.02. The molecule has 0 aliphatic heterocycles. The number of nitrogens with one attached hydrogen (secondary N) is 1. The van der Waals surface area contributed by atoms with Crippen LogP contribution in [0.1, 0.15) is 39.3 Å². The monoisotopic (exact) mass is 259 g/mol. The van der Waals surface area contributed by atoms with Crippen LogP contribution in [0.3, 0.4) is 0 Å². The molecule has 0 saturated carbocycles. The first kappa shape index (κ1) is 13.5. The van der Waals surface area contributed by atoms with Crippen LogP contribution in [0.15, 0.2) is 18.5 Å². The van der Waals surface area contributed by atoms with Crippen molar-refractivity contribution >= 4 is 5.82 Å². The first-order chi connectivity index (χ1) is 9.13. The van der Waals surface area contributed by atoms with Gasteiger partial charge < -0.3 is 5.32 Å². The van der Waals surface area contributed by atoms with E-state index in [-0.39, 0.29) is 0 Å². The van der Waals surface area contributed by atoms with Crippen LogP contribution < -0.4 is 5.32 Å². The predicted molar refractivity (Wildman–Crippen MR) is 77.2 cm³/mol. The Bertz CT molecular complexity index is 545. The van der Waals surface area contributed by atoms with Crippen LogP contribution >= 0.6 is 0 Å². The van der Waals surface area contributed by atoms with E-state index in [1.165, 1.54) is 0 Å². The van der Waals surface area contributed by atoms with E-state index in [4.69, 9.17) is 0 Å². The van der Waals surface area contributed by atoms with E-state index < -0.39 is 0 Å². The van der Waals surface area contributed by atoms with Crippen LogP contribution in [-0.4, -0.2) is 26.3 Å². The van der Waals surface area contributed by atoms with Crippen molar-refractivity contribution in [1.82, 2.24) is 19.7 Å². The molecule has 2 heterocycles. The highest BCUT2D eigenvalue weighted by Crippen LogP contribution is 2.21. The van der Waals surface area contributed by atoms with Crippen molar-refractivity contribution in [2.45, 2.75) is 40.2 Å². The summed E-state index contributed by atoms with van der Waals surface area (Å²) >= 11 is 0. The van der Waals surface area contributed by atoms with Crippen LogP contribution in [0.5, 0.6) is 0 Å². The van der Waals surface area contributed by atoms with Gasteiger partial charge in [-0.3, -0.25) is 4.68 Å². The molecule has 0 aromatic carbocycles. The van der Waals surface area contributed by atoms with Gasteiger partial charge >= 0.3 is 0 Å². The molecule has 2 aromatic rings. The van der Waals surface area contributed by atoms with Gasteiger partial charge in [0.25, 0.3) is 0 Å². The fraction of sp³-hybridized carbons (Fsp3) is 0.500. The average Bonchev–Trinajstić information content (AvgIpc) is 2.87. The second-order valence-electron chi connectivity index (χ2n) is 4.77. The van der Waals surface area contributed by atoms with Crippen LogP contribution in [0.4, 0.5) is 5.82 Å². The Hall–Kier alpha value is -1.91. The molecular formula is C14H21N5. The lowest BCUT2D eigenvalue weighted by Gasteiger charge is -2.10. The third kappa shape index (κ3) is 3.10. The van der Waals surface area contributed by atoms with Crippen molar-refractivity contribution < 1.29 is 0 Å². The lowest BCUT2D eigenvalue weighted by atomic mass is 10.1. The molecule has 0 amide bonds. The largest absolute Gasteiger partial charge is 0.370 e. The quantitative estimate of drug-likeness (QED) is 0.897. The fourth-order valence-electron chi connectivity index (χ4n) is 1.81. The first-order valence-electron chi connectivity index (χ1n) is 6.79. The summed E-state index contributed by atoms with van der Waals surface area (Å²) in [5.41, 5.74) is 2.01. The summed E-state index contributed by atoms with van der Waals surface area (Å²) < 4.78 is 1.88.